The van der Waals surface area contributed by atoms with Crippen LogP contribution in [0.25, 0.3) is 10.8 Å². The van der Waals surface area contributed by atoms with Crippen molar-refractivity contribution < 1.29 is 17.6 Å². The molecule has 0 atom stereocenters. The first-order chi connectivity index (χ1) is 11.9. The Kier molecular flexibility index (Phi) is 4.51. The molecule has 1 heterocycles. The average molecular weight is 364 g/mol. The average Bonchev–Trinajstić information content (AvgIpc) is 2.59. The van der Waals surface area contributed by atoms with E-state index in [1.165, 1.54) is 6.07 Å². The first-order valence-corrected chi connectivity index (χ1v) is 7.91. The number of nitriles is 1. The van der Waals surface area contributed by atoms with Gasteiger partial charge in [-0.3, -0.25) is 4.79 Å². The van der Waals surface area contributed by atoms with Crippen molar-refractivity contribution in [1.29, 1.82) is 5.26 Å². The van der Waals surface area contributed by atoms with Gasteiger partial charge in [0.25, 0.3) is 5.56 Å². The third-order valence-electron chi connectivity index (χ3n) is 3.55. The van der Waals surface area contributed by atoms with Gasteiger partial charge in [-0.15, -0.1) is 11.8 Å². The zero-order valence-corrected chi connectivity index (χ0v) is 13.2. The highest BCUT2D eigenvalue weighted by atomic mass is 32.2. The lowest BCUT2D eigenvalue weighted by Gasteiger charge is -2.09. The maximum Gasteiger partial charge on any atom is 0.267 e. The molecule has 1 aromatic heterocycles. The van der Waals surface area contributed by atoms with Crippen LogP contribution in [0.15, 0.2) is 40.2 Å². The number of pyridine rings is 1. The molecule has 0 fully saturated rings. The van der Waals surface area contributed by atoms with Crippen molar-refractivity contribution in [1.82, 2.24) is 4.98 Å². The van der Waals surface area contributed by atoms with Crippen molar-refractivity contribution in [3.05, 3.63) is 75.1 Å². The number of fused-ring (bicyclic) bond motifs is 1. The molecule has 0 aliphatic rings. The minimum Gasteiger partial charge on any atom is -0.315 e. The van der Waals surface area contributed by atoms with Gasteiger partial charge >= 0.3 is 0 Å². The lowest BCUT2D eigenvalue weighted by atomic mass is 10.1. The van der Waals surface area contributed by atoms with Crippen LogP contribution >= 0.6 is 11.8 Å². The molecule has 0 spiro atoms. The minimum absolute atomic E-state index is 0.112. The molecule has 2 aromatic carbocycles. The maximum absolute atomic E-state index is 13.7. The van der Waals surface area contributed by atoms with Gasteiger partial charge in [-0.1, -0.05) is 6.07 Å². The molecule has 0 aliphatic carbocycles. The van der Waals surface area contributed by atoms with Crippen LogP contribution < -0.4 is 5.56 Å². The molecular formula is C17H8F4N2OS. The SMILES string of the molecule is N#Cc1c(=O)[nH]c(SCc2ccc(F)c(F)c2F)c2cc(F)ccc12. The van der Waals surface area contributed by atoms with Crippen LogP contribution in [0.1, 0.15) is 11.1 Å². The fourth-order valence-electron chi connectivity index (χ4n) is 2.33. The monoisotopic (exact) mass is 364 g/mol. The summed E-state index contributed by atoms with van der Waals surface area (Å²) in [5.74, 6) is -4.91. The molecule has 0 amide bonds. The summed E-state index contributed by atoms with van der Waals surface area (Å²) in [5, 5.41) is 9.80. The van der Waals surface area contributed by atoms with E-state index < -0.39 is 28.8 Å². The summed E-state index contributed by atoms with van der Waals surface area (Å²) in [6.07, 6.45) is 0. The Morgan fingerprint density at radius 2 is 1.80 bits per heavy atom. The van der Waals surface area contributed by atoms with E-state index >= 15 is 0 Å². The summed E-state index contributed by atoms with van der Waals surface area (Å²) >= 11 is 0.913. The van der Waals surface area contributed by atoms with Crippen molar-refractivity contribution in [2.45, 2.75) is 10.8 Å². The standard InChI is InChI=1S/C17H8F4N2OS/c18-9-2-3-10-11(5-9)17(23-16(24)12(10)6-22)25-7-8-1-4-13(19)15(21)14(8)20/h1-5H,7H2,(H,23,24). The number of nitrogens with zero attached hydrogens (tertiary/aromatic N) is 1. The van der Waals surface area contributed by atoms with Gasteiger partial charge in [-0.05, 0) is 24.3 Å². The number of hydrogen-bond donors (Lipinski definition) is 1. The number of aromatic amines is 1. The molecule has 0 radical (unpaired) electrons. The van der Waals surface area contributed by atoms with E-state index in [4.69, 9.17) is 5.26 Å². The van der Waals surface area contributed by atoms with Crippen molar-refractivity contribution in [2.24, 2.45) is 0 Å². The second-order valence-electron chi connectivity index (χ2n) is 5.08. The fraction of sp³-hybridized carbons (Fsp3) is 0.0588. The highest BCUT2D eigenvalue weighted by molar-refractivity contribution is 7.98. The molecule has 1 N–H and O–H groups in total. The Balaban J connectivity index is 2.06. The van der Waals surface area contributed by atoms with E-state index in [2.05, 4.69) is 4.98 Å². The van der Waals surface area contributed by atoms with Crippen LogP contribution in [-0.2, 0) is 5.75 Å². The number of halogens is 4. The Morgan fingerprint density at radius 1 is 1.04 bits per heavy atom. The molecular weight excluding hydrogens is 356 g/mol. The number of nitrogens with one attached hydrogen (secondary N) is 1. The summed E-state index contributed by atoms with van der Waals surface area (Å²) in [6, 6.07) is 7.20. The predicted octanol–water partition coefficient (Wildman–Crippen LogP) is 4.25. The van der Waals surface area contributed by atoms with E-state index in [0.29, 0.717) is 0 Å². The van der Waals surface area contributed by atoms with Crippen LogP contribution in [0.5, 0.6) is 0 Å². The summed E-state index contributed by atoms with van der Waals surface area (Å²) in [7, 11) is 0. The Hall–Kier alpha value is -2.79. The summed E-state index contributed by atoms with van der Waals surface area (Å²) in [5.41, 5.74) is -0.952. The van der Waals surface area contributed by atoms with Crippen LogP contribution in [-0.4, -0.2) is 4.98 Å². The van der Waals surface area contributed by atoms with Gasteiger partial charge in [0.15, 0.2) is 17.5 Å². The van der Waals surface area contributed by atoms with Crippen molar-refractivity contribution in [3.63, 3.8) is 0 Å². The summed E-state index contributed by atoms with van der Waals surface area (Å²) in [4.78, 5) is 14.4. The molecule has 0 saturated carbocycles. The third-order valence-corrected chi connectivity index (χ3v) is 4.61. The summed E-state index contributed by atoms with van der Waals surface area (Å²) in [6.45, 7) is 0. The predicted molar refractivity (Wildman–Crippen MR) is 85.1 cm³/mol. The van der Waals surface area contributed by atoms with Crippen LogP contribution in [0.4, 0.5) is 17.6 Å². The number of rotatable bonds is 3. The first kappa shape index (κ1) is 17.0. The second kappa shape index (κ2) is 6.61. The Labute approximate surface area is 142 Å². The van der Waals surface area contributed by atoms with E-state index in [1.807, 2.05) is 0 Å². The van der Waals surface area contributed by atoms with Gasteiger partial charge in [0.1, 0.15) is 17.4 Å². The quantitative estimate of drug-likeness (QED) is 0.429. The molecule has 0 bridgehead atoms. The Morgan fingerprint density at radius 3 is 2.52 bits per heavy atom. The largest absolute Gasteiger partial charge is 0.315 e. The van der Waals surface area contributed by atoms with Crippen molar-refractivity contribution >= 4 is 22.5 Å². The highest BCUT2D eigenvalue weighted by Crippen LogP contribution is 2.30. The van der Waals surface area contributed by atoms with Crippen molar-refractivity contribution in [2.75, 3.05) is 0 Å². The number of hydrogen-bond acceptors (Lipinski definition) is 3. The second-order valence-corrected chi connectivity index (χ2v) is 6.07. The number of thioether (sulfide) groups is 1. The fourth-order valence-corrected chi connectivity index (χ4v) is 3.34. The zero-order valence-electron chi connectivity index (χ0n) is 12.4. The van der Waals surface area contributed by atoms with E-state index in [0.717, 1.165) is 36.0 Å². The van der Waals surface area contributed by atoms with E-state index in [1.54, 1.807) is 6.07 Å². The molecule has 3 rings (SSSR count). The molecule has 25 heavy (non-hydrogen) atoms. The molecule has 0 saturated heterocycles. The van der Waals surface area contributed by atoms with Gasteiger partial charge in [-0.2, -0.15) is 5.26 Å². The highest BCUT2D eigenvalue weighted by Gasteiger charge is 2.16. The van der Waals surface area contributed by atoms with Crippen LogP contribution in [0.3, 0.4) is 0 Å². The lowest BCUT2D eigenvalue weighted by Crippen LogP contribution is -2.12. The van der Waals surface area contributed by atoms with Gasteiger partial charge in [0.05, 0.1) is 5.03 Å². The molecule has 0 unspecified atom stereocenters. The third kappa shape index (κ3) is 3.10. The maximum atomic E-state index is 13.7. The topological polar surface area (TPSA) is 56.6 Å². The number of aromatic nitrogens is 1. The van der Waals surface area contributed by atoms with Crippen LogP contribution in [0.2, 0.25) is 0 Å². The Bertz CT molecular complexity index is 1090. The number of benzene rings is 2. The smallest absolute Gasteiger partial charge is 0.267 e. The minimum atomic E-state index is -1.58. The van der Waals surface area contributed by atoms with Crippen molar-refractivity contribution in [3.8, 4) is 6.07 Å². The lowest BCUT2D eigenvalue weighted by molar-refractivity contribution is 0.443. The van der Waals surface area contributed by atoms with Gasteiger partial charge in [0.2, 0.25) is 0 Å². The normalized spacial score (nSPS) is 10.8. The van der Waals surface area contributed by atoms with E-state index in [9.17, 15) is 22.4 Å². The number of H-pyrrole nitrogens is 1. The molecule has 3 nitrogen and oxygen atoms in total. The molecule has 0 aliphatic heterocycles. The summed E-state index contributed by atoms with van der Waals surface area (Å²) < 4.78 is 53.5. The molecule has 8 heteroatoms. The van der Waals surface area contributed by atoms with Gasteiger partial charge in [-0.25, -0.2) is 17.6 Å². The first-order valence-electron chi connectivity index (χ1n) is 6.93. The van der Waals surface area contributed by atoms with Gasteiger partial charge < -0.3 is 4.98 Å². The molecule has 3 aromatic rings. The van der Waals surface area contributed by atoms with Crippen LogP contribution in [0, 0.1) is 34.6 Å². The van der Waals surface area contributed by atoms with Gasteiger partial charge in [0, 0.05) is 22.1 Å². The van der Waals surface area contributed by atoms with E-state index in [-0.39, 0.29) is 32.7 Å². The molecule has 126 valence electrons. The zero-order chi connectivity index (χ0) is 18.1.